The molecule has 52 valence electrons. The molecule has 1 aromatic carbocycles. The fraction of sp³-hybridized carbons (Fsp3) is 0.125. The number of phenols is 1. The lowest BCUT2D eigenvalue weighted by atomic mass is 10.2. The van der Waals surface area contributed by atoms with Crippen molar-refractivity contribution < 1.29 is 5.11 Å². The van der Waals surface area contributed by atoms with E-state index in [-0.39, 0.29) is 5.75 Å². The molecule has 0 aliphatic rings. The van der Waals surface area contributed by atoms with Crippen molar-refractivity contribution in [2.45, 2.75) is 6.92 Å². The first-order chi connectivity index (χ1) is 4.74. The van der Waals surface area contributed by atoms with Crippen molar-refractivity contribution in [1.82, 2.24) is 0 Å². The molecule has 1 rings (SSSR count). The molecule has 0 saturated carbocycles. The minimum Gasteiger partial charge on any atom is -0.508 e. The molecular weight excluding hydrogens is 126 g/mol. The Kier molecular flexibility index (Phi) is 1.81. The van der Waals surface area contributed by atoms with Gasteiger partial charge in [-0.25, -0.2) is 0 Å². The molecule has 0 fully saturated rings. The van der Waals surface area contributed by atoms with Crippen LogP contribution >= 0.6 is 0 Å². The Bertz CT molecular complexity index is 233. The second-order valence-electron chi connectivity index (χ2n) is 2.14. The fourth-order valence-electron chi connectivity index (χ4n) is 0.810. The SMILES string of the molecule is [CH]Nc1ccc(O)cc1C. The number of nitrogens with one attached hydrogen (secondary N) is 1. The van der Waals surface area contributed by atoms with Crippen LogP contribution in [0.2, 0.25) is 0 Å². The molecule has 2 nitrogen and oxygen atoms in total. The maximum absolute atomic E-state index is 8.96. The van der Waals surface area contributed by atoms with Crippen LogP contribution in [0.4, 0.5) is 5.69 Å². The van der Waals surface area contributed by atoms with Gasteiger partial charge in [0, 0.05) is 5.69 Å². The van der Waals surface area contributed by atoms with Crippen LogP contribution in [0.3, 0.4) is 0 Å². The number of aromatic hydroxyl groups is 1. The standard InChI is InChI=1S/C8H9NO/c1-6-5-7(10)3-4-8(6)9-2/h2-5,9-10H,1H3. The summed E-state index contributed by atoms with van der Waals surface area (Å²) in [5.41, 5.74) is 1.76. The molecule has 0 amide bonds. The van der Waals surface area contributed by atoms with E-state index in [9.17, 15) is 0 Å². The molecule has 0 aliphatic heterocycles. The van der Waals surface area contributed by atoms with Crippen LogP contribution < -0.4 is 5.32 Å². The number of rotatable bonds is 1. The summed E-state index contributed by atoms with van der Waals surface area (Å²) in [6, 6.07) is 4.96. The van der Waals surface area contributed by atoms with Crippen LogP contribution in [0.25, 0.3) is 0 Å². The van der Waals surface area contributed by atoms with Gasteiger partial charge in [0.1, 0.15) is 5.75 Å². The zero-order valence-corrected chi connectivity index (χ0v) is 5.76. The number of phenolic OH excluding ortho intramolecular Hbond substituents is 1. The van der Waals surface area contributed by atoms with E-state index in [4.69, 9.17) is 12.2 Å². The van der Waals surface area contributed by atoms with Gasteiger partial charge in [-0.2, -0.15) is 0 Å². The molecule has 0 unspecified atom stereocenters. The maximum atomic E-state index is 8.96. The minimum absolute atomic E-state index is 0.261. The van der Waals surface area contributed by atoms with Gasteiger partial charge in [0.15, 0.2) is 0 Å². The minimum atomic E-state index is 0.261. The summed E-state index contributed by atoms with van der Waals surface area (Å²) in [5.74, 6) is 0.261. The topological polar surface area (TPSA) is 32.3 Å². The van der Waals surface area contributed by atoms with Gasteiger partial charge in [0.05, 0.1) is 7.05 Å². The molecule has 0 aromatic heterocycles. The van der Waals surface area contributed by atoms with Gasteiger partial charge in [-0.15, -0.1) is 0 Å². The van der Waals surface area contributed by atoms with Crippen LogP contribution in [0.5, 0.6) is 5.75 Å². The number of hydrogen-bond donors (Lipinski definition) is 2. The van der Waals surface area contributed by atoms with E-state index in [1.54, 1.807) is 18.2 Å². The van der Waals surface area contributed by atoms with Crippen LogP contribution in [0, 0.1) is 14.0 Å². The Hall–Kier alpha value is -1.18. The van der Waals surface area contributed by atoms with Crippen molar-refractivity contribution in [3.63, 3.8) is 0 Å². The van der Waals surface area contributed by atoms with E-state index in [1.807, 2.05) is 6.92 Å². The van der Waals surface area contributed by atoms with Crippen LogP contribution in [-0.2, 0) is 0 Å². The third-order valence-electron chi connectivity index (χ3n) is 1.37. The normalized spacial score (nSPS) is 9.40. The highest BCUT2D eigenvalue weighted by Crippen LogP contribution is 2.19. The molecule has 2 heteroatoms. The highest BCUT2D eigenvalue weighted by molar-refractivity contribution is 5.53. The quantitative estimate of drug-likeness (QED) is 0.454. The highest BCUT2D eigenvalue weighted by Gasteiger charge is 1.94. The lowest BCUT2D eigenvalue weighted by molar-refractivity contribution is 0.475. The molecule has 0 atom stereocenters. The smallest absolute Gasteiger partial charge is 0.115 e. The second-order valence-corrected chi connectivity index (χ2v) is 2.14. The lowest BCUT2D eigenvalue weighted by Gasteiger charge is -2.02. The van der Waals surface area contributed by atoms with Gasteiger partial charge in [-0.05, 0) is 30.7 Å². The van der Waals surface area contributed by atoms with Crippen molar-refractivity contribution in [3.05, 3.63) is 30.8 Å². The van der Waals surface area contributed by atoms with Gasteiger partial charge in [-0.3, -0.25) is 0 Å². The molecule has 0 aliphatic carbocycles. The largest absolute Gasteiger partial charge is 0.508 e. The summed E-state index contributed by atoms with van der Waals surface area (Å²) in [6.45, 7) is 1.87. The van der Waals surface area contributed by atoms with E-state index >= 15 is 0 Å². The molecule has 1 aromatic rings. The number of aryl methyl sites for hydroxylation is 1. The van der Waals surface area contributed by atoms with Crippen LogP contribution in [0.1, 0.15) is 5.56 Å². The van der Waals surface area contributed by atoms with Gasteiger partial charge >= 0.3 is 0 Å². The van der Waals surface area contributed by atoms with E-state index in [0.29, 0.717) is 0 Å². The Labute approximate surface area is 60.5 Å². The summed E-state index contributed by atoms with van der Waals surface area (Å²) >= 11 is 0. The second kappa shape index (κ2) is 2.60. The number of hydrogen-bond acceptors (Lipinski definition) is 2. The Morgan fingerprint density at radius 3 is 2.70 bits per heavy atom. The van der Waals surface area contributed by atoms with Crippen molar-refractivity contribution in [2.75, 3.05) is 5.32 Å². The van der Waals surface area contributed by atoms with Crippen molar-refractivity contribution in [1.29, 1.82) is 0 Å². The number of benzene rings is 1. The summed E-state index contributed by atoms with van der Waals surface area (Å²) < 4.78 is 0. The molecule has 0 saturated heterocycles. The molecule has 10 heavy (non-hydrogen) atoms. The summed E-state index contributed by atoms with van der Waals surface area (Å²) in [4.78, 5) is 0. The van der Waals surface area contributed by atoms with Crippen molar-refractivity contribution >= 4 is 5.69 Å². The summed E-state index contributed by atoms with van der Waals surface area (Å²) in [7, 11) is 5.17. The average molecular weight is 135 g/mol. The first-order valence-corrected chi connectivity index (χ1v) is 3.00. The van der Waals surface area contributed by atoms with Crippen molar-refractivity contribution in [2.24, 2.45) is 0 Å². The van der Waals surface area contributed by atoms with Gasteiger partial charge < -0.3 is 10.4 Å². The first kappa shape index (κ1) is 6.93. The predicted molar refractivity (Wildman–Crippen MR) is 40.8 cm³/mol. The number of anilines is 1. The highest BCUT2D eigenvalue weighted by atomic mass is 16.3. The lowest BCUT2D eigenvalue weighted by Crippen LogP contribution is -1.86. The Morgan fingerprint density at radius 1 is 1.50 bits per heavy atom. The van der Waals surface area contributed by atoms with Gasteiger partial charge in [0.25, 0.3) is 0 Å². The molecule has 2 radical (unpaired) electrons. The van der Waals surface area contributed by atoms with E-state index in [1.165, 1.54) is 0 Å². The van der Waals surface area contributed by atoms with E-state index in [2.05, 4.69) is 5.32 Å². The monoisotopic (exact) mass is 135 g/mol. The molecule has 0 bridgehead atoms. The molecule has 0 spiro atoms. The summed E-state index contributed by atoms with van der Waals surface area (Å²) in [5, 5.41) is 11.5. The zero-order valence-electron chi connectivity index (χ0n) is 5.76. The predicted octanol–water partition coefficient (Wildman–Crippen LogP) is 1.78. The zero-order chi connectivity index (χ0) is 7.56. The van der Waals surface area contributed by atoms with Crippen LogP contribution in [0.15, 0.2) is 18.2 Å². The molecule has 0 heterocycles. The molecule has 2 N–H and O–H groups in total. The van der Waals surface area contributed by atoms with Crippen LogP contribution in [-0.4, -0.2) is 5.11 Å². The average Bonchev–Trinajstić information content (AvgIpc) is 1.88. The third-order valence-corrected chi connectivity index (χ3v) is 1.37. The molecular formula is C8H9NO. The van der Waals surface area contributed by atoms with E-state index in [0.717, 1.165) is 11.3 Å². The fourth-order valence-corrected chi connectivity index (χ4v) is 0.810. The van der Waals surface area contributed by atoms with Crippen molar-refractivity contribution in [3.8, 4) is 5.75 Å². The maximum Gasteiger partial charge on any atom is 0.115 e. The van der Waals surface area contributed by atoms with E-state index < -0.39 is 0 Å². The Balaban J connectivity index is 3.07. The van der Waals surface area contributed by atoms with Gasteiger partial charge in [0.2, 0.25) is 0 Å². The Morgan fingerprint density at radius 2 is 2.20 bits per heavy atom. The third kappa shape index (κ3) is 1.21. The van der Waals surface area contributed by atoms with Gasteiger partial charge in [-0.1, -0.05) is 0 Å². The summed E-state index contributed by atoms with van der Waals surface area (Å²) in [6.07, 6.45) is 0. The first-order valence-electron chi connectivity index (χ1n) is 3.00.